The molecule has 1 saturated heterocycles. The summed E-state index contributed by atoms with van der Waals surface area (Å²) in [6.07, 6.45) is 0.772. The minimum Gasteiger partial charge on any atom is -0.472 e. The van der Waals surface area contributed by atoms with Gasteiger partial charge in [0.15, 0.2) is 0 Å². The van der Waals surface area contributed by atoms with E-state index in [-0.39, 0.29) is 12.6 Å². The Morgan fingerprint density at radius 1 is 1.55 bits per heavy atom. The Kier molecular flexibility index (Phi) is 4.52. The first-order valence-electron chi connectivity index (χ1n) is 6.36. The highest BCUT2D eigenvalue weighted by Crippen LogP contribution is 2.20. The minimum atomic E-state index is -0.512. The Balaban J connectivity index is 2.06. The van der Waals surface area contributed by atoms with Crippen molar-refractivity contribution in [1.29, 1.82) is 0 Å². The van der Waals surface area contributed by atoms with E-state index in [1.54, 1.807) is 11.5 Å². The summed E-state index contributed by atoms with van der Waals surface area (Å²) in [7, 11) is 0. The standard InChI is InChI=1S/C13H17N3O4/c1-9-3-2-4-12(14-9)20-11-5-10(13(18)15-19)6-16(7-11)8-17/h2-4,8,10-11,19H,5-7H2,1H3,(H,15,18). The molecule has 0 aliphatic carbocycles. The number of likely N-dealkylation sites (tertiary alicyclic amines) is 1. The average molecular weight is 279 g/mol. The Bertz CT molecular complexity index is 494. The Hall–Kier alpha value is -2.15. The predicted molar refractivity (Wildman–Crippen MR) is 69.1 cm³/mol. The third kappa shape index (κ3) is 3.45. The summed E-state index contributed by atoms with van der Waals surface area (Å²) >= 11 is 0. The molecular formula is C13H17N3O4. The van der Waals surface area contributed by atoms with E-state index in [0.717, 1.165) is 5.69 Å². The SMILES string of the molecule is Cc1cccc(OC2CC(C(=O)NO)CN(C=O)C2)n1. The number of nitrogens with zero attached hydrogens (tertiary/aromatic N) is 2. The van der Waals surface area contributed by atoms with Crippen LogP contribution < -0.4 is 10.2 Å². The van der Waals surface area contributed by atoms with Gasteiger partial charge in [-0.1, -0.05) is 6.07 Å². The van der Waals surface area contributed by atoms with E-state index in [4.69, 9.17) is 9.94 Å². The van der Waals surface area contributed by atoms with Crippen molar-refractivity contribution in [2.24, 2.45) is 5.92 Å². The van der Waals surface area contributed by atoms with Crippen LogP contribution in [-0.2, 0) is 9.59 Å². The number of hydrogen-bond acceptors (Lipinski definition) is 5. The van der Waals surface area contributed by atoms with Crippen LogP contribution in [-0.4, -0.2) is 46.6 Å². The van der Waals surface area contributed by atoms with Crippen molar-refractivity contribution in [1.82, 2.24) is 15.4 Å². The monoisotopic (exact) mass is 279 g/mol. The second-order valence-electron chi connectivity index (χ2n) is 4.83. The number of aromatic nitrogens is 1. The minimum absolute atomic E-state index is 0.275. The van der Waals surface area contributed by atoms with Crippen LogP contribution in [0.25, 0.3) is 0 Å². The lowest BCUT2D eigenvalue weighted by Crippen LogP contribution is -2.49. The van der Waals surface area contributed by atoms with E-state index >= 15 is 0 Å². The van der Waals surface area contributed by atoms with Crippen LogP contribution in [0.3, 0.4) is 0 Å². The Labute approximate surface area is 116 Å². The molecule has 2 heterocycles. The number of hydroxylamine groups is 1. The lowest BCUT2D eigenvalue weighted by Gasteiger charge is -2.34. The Morgan fingerprint density at radius 2 is 2.35 bits per heavy atom. The lowest BCUT2D eigenvalue weighted by molar-refractivity contribution is -0.138. The summed E-state index contributed by atoms with van der Waals surface area (Å²) in [4.78, 5) is 28.1. The molecule has 0 spiro atoms. The van der Waals surface area contributed by atoms with Crippen LogP contribution in [0.1, 0.15) is 12.1 Å². The molecule has 1 aromatic rings. The van der Waals surface area contributed by atoms with E-state index in [0.29, 0.717) is 25.3 Å². The first kappa shape index (κ1) is 14.3. The number of hydrogen-bond donors (Lipinski definition) is 2. The van der Waals surface area contributed by atoms with Gasteiger partial charge in [0.1, 0.15) is 6.10 Å². The number of nitrogens with one attached hydrogen (secondary N) is 1. The zero-order chi connectivity index (χ0) is 14.5. The molecule has 2 unspecified atom stereocenters. The summed E-state index contributed by atoms with van der Waals surface area (Å²) in [5.41, 5.74) is 2.45. The summed E-state index contributed by atoms with van der Waals surface area (Å²) in [6.45, 7) is 2.53. The molecule has 2 N–H and O–H groups in total. The van der Waals surface area contributed by atoms with E-state index in [9.17, 15) is 9.59 Å². The van der Waals surface area contributed by atoms with E-state index in [2.05, 4.69) is 4.98 Å². The van der Waals surface area contributed by atoms with Gasteiger partial charge < -0.3 is 9.64 Å². The van der Waals surface area contributed by atoms with Gasteiger partial charge in [-0.2, -0.15) is 0 Å². The number of aryl methyl sites for hydroxylation is 1. The fourth-order valence-electron chi connectivity index (χ4n) is 2.29. The van der Waals surface area contributed by atoms with E-state index in [1.165, 1.54) is 4.90 Å². The maximum Gasteiger partial charge on any atom is 0.248 e. The van der Waals surface area contributed by atoms with E-state index in [1.807, 2.05) is 19.1 Å². The van der Waals surface area contributed by atoms with Crippen LogP contribution in [0.5, 0.6) is 5.88 Å². The molecule has 1 aromatic heterocycles. The number of piperidine rings is 1. The topological polar surface area (TPSA) is 91.8 Å². The molecule has 20 heavy (non-hydrogen) atoms. The van der Waals surface area contributed by atoms with Crippen molar-refractivity contribution in [3.63, 3.8) is 0 Å². The fourth-order valence-corrected chi connectivity index (χ4v) is 2.29. The third-order valence-electron chi connectivity index (χ3n) is 3.22. The van der Waals surface area contributed by atoms with Gasteiger partial charge in [0.2, 0.25) is 18.2 Å². The molecule has 2 rings (SSSR count). The van der Waals surface area contributed by atoms with Gasteiger partial charge in [0, 0.05) is 18.3 Å². The largest absolute Gasteiger partial charge is 0.472 e. The van der Waals surface area contributed by atoms with Crippen molar-refractivity contribution >= 4 is 12.3 Å². The first-order chi connectivity index (χ1) is 9.62. The van der Waals surface area contributed by atoms with Crippen LogP contribution in [0, 0.1) is 12.8 Å². The lowest BCUT2D eigenvalue weighted by atomic mass is 9.95. The molecule has 0 aromatic carbocycles. The second kappa shape index (κ2) is 6.33. The molecular weight excluding hydrogens is 262 g/mol. The zero-order valence-corrected chi connectivity index (χ0v) is 11.2. The maximum atomic E-state index is 11.5. The number of rotatable bonds is 4. The van der Waals surface area contributed by atoms with Crippen LogP contribution in [0.2, 0.25) is 0 Å². The zero-order valence-electron chi connectivity index (χ0n) is 11.2. The molecule has 2 amide bonds. The molecule has 0 bridgehead atoms. The molecule has 7 heteroatoms. The van der Waals surface area contributed by atoms with Gasteiger partial charge in [0.25, 0.3) is 0 Å². The fraction of sp³-hybridized carbons (Fsp3) is 0.462. The van der Waals surface area contributed by atoms with Crippen LogP contribution >= 0.6 is 0 Å². The smallest absolute Gasteiger partial charge is 0.248 e. The predicted octanol–water partition coefficient (Wildman–Crippen LogP) is 0.121. The van der Waals surface area contributed by atoms with E-state index < -0.39 is 11.8 Å². The van der Waals surface area contributed by atoms with Gasteiger partial charge in [-0.25, -0.2) is 10.5 Å². The highest BCUT2D eigenvalue weighted by atomic mass is 16.5. The number of carbonyl (C=O) groups is 2. The van der Waals surface area contributed by atoms with Gasteiger partial charge in [0.05, 0.1) is 12.5 Å². The van der Waals surface area contributed by atoms with Crippen molar-refractivity contribution in [2.75, 3.05) is 13.1 Å². The molecule has 0 radical (unpaired) electrons. The molecule has 2 atom stereocenters. The Morgan fingerprint density at radius 3 is 3.00 bits per heavy atom. The molecule has 1 aliphatic rings. The second-order valence-corrected chi connectivity index (χ2v) is 4.83. The summed E-state index contributed by atoms with van der Waals surface area (Å²) in [6, 6.07) is 5.41. The molecule has 1 fully saturated rings. The number of amides is 2. The normalized spacial score (nSPS) is 22.2. The molecule has 0 saturated carbocycles. The van der Waals surface area contributed by atoms with Crippen molar-refractivity contribution in [2.45, 2.75) is 19.4 Å². The highest BCUT2D eigenvalue weighted by molar-refractivity contribution is 5.78. The molecule has 108 valence electrons. The van der Waals surface area contributed by atoms with Gasteiger partial charge in [-0.3, -0.25) is 14.8 Å². The highest BCUT2D eigenvalue weighted by Gasteiger charge is 2.32. The average Bonchev–Trinajstić information content (AvgIpc) is 2.46. The van der Waals surface area contributed by atoms with Crippen molar-refractivity contribution < 1.29 is 19.5 Å². The summed E-state index contributed by atoms with van der Waals surface area (Å²) in [5.74, 6) is -0.540. The summed E-state index contributed by atoms with van der Waals surface area (Å²) in [5, 5.41) is 8.70. The van der Waals surface area contributed by atoms with Crippen LogP contribution in [0.4, 0.5) is 0 Å². The quantitative estimate of drug-likeness (QED) is 0.464. The summed E-state index contributed by atoms with van der Waals surface area (Å²) < 4.78 is 5.72. The first-order valence-corrected chi connectivity index (χ1v) is 6.36. The van der Waals surface area contributed by atoms with Crippen molar-refractivity contribution in [3.8, 4) is 5.88 Å². The maximum absolute atomic E-state index is 11.5. The van der Waals surface area contributed by atoms with Crippen molar-refractivity contribution in [3.05, 3.63) is 23.9 Å². The molecule has 7 nitrogen and oxygen atoms in total. The number of pyridine rings is 1. The number of ether oxygens (including phenoxy) is 1. The number of carbonyl (C=O) groups excluding carboxylic acids is 2. The third-order valence-corrected chi connectivity index (χ3v) is 3.22. The van der Waals surface area contributed by atoms with Crippen LogP contribution in [0.15, 0.2) is 18.2 Å². The molecule has 1 aliphatic heterocycles. The van der Waals surface area contributed by atoms with Gasteiger partial charge in [-0.15, -0.1) is 0 Å². The van der Waals surface area contributed by atoms with Gasteiger partial charge in [-0.05, 0) is 19.4 Å². The van der Waals surface area contributed by atoms with Gasteiger partial charge >= 0.3 is 0 Å².